The van der Waals surface area contributed by atoms with Crippen molar-refractivity contribution in [1.82, 2.24) is 21.3 Å². The monoisotopic (exact) mass is 582 g/mol. The number of nitrogens with one attached hydrogen (secondary N) is 4. The van der Waals surface area contributed by atoms with Gasteiger partial charge in [0.2, 0.25) is 23.6 Å². The van der Waals surface area contributed by atoms with Gasteiger partial charge in [0, 0.05) is 14.1 Å². The van der Waals surface area contributed by atoms with Gasteiger partial charge in [0.15, 0.2) is 0 Å². The lowest BCUT2D eigenvalue weighted by molar-refractivity contribution is -0.142. The Morgan fingerprint density at radius 1 is 0.571 bits per heavy atom. The molecule has 0 saturated heterocycles. The Labute approximate surface area is 249 Å². The predicted octanol–water partition coefficient (Wildman–Crippen LogP) is 2.71. The number of benzene rings is 2. The third kappa shape index (κ3) is 11.3. The van der Waals surface area contributed by atoms with E-state index in [9.17, 15) is 19.2 Å². The minimum atomic E-state index is -0.966. The van der Waals surface area contributed by atoms with Crippen LogP contribution in [0, 0.1) is 11.8 Å². The molecule has 0 fully saturated rings. The van der Waals surface area contributed by atoms with Gasteiger partial charge in [0.25, 0.3) is 0 Å². The van der Waals surface area contributed by atoms with Gasteiger partial charge < -0.3 is 30.7 Å². The van der Waals surface area contributed by atoms with Gasteiger partial charge in [-0.2, -0.15) is 0 Å². The lowest BCUT2D eigenvalue weighted by Crippen LogP contribution is -2.53. The standard InChI is InChI=1S/C32H46N4O6/c1-21(2)27(31(39)33-5)35-29(37)25(41-19-23-13-9-7-10-14-23)17-18-26(42-20-24-15-11-8-12-16-24)30(38)36-28(22(3)4)32(40)34-6/h7-16,21-22,25-28H,17-20H2,1-6H3,(H,33,39)(H,34,40)(H,35,37)(H,36,38)/t25?,26?,27-,28?/m0/s1. The second kappa shape index (κ2) is 17.9. The van der Waals surface area contributed by atoms with Crippen molar-refractivity contribution in [2.75, 3.05) is 14.1 Å². The summed E-state index contributed by atoms with van der Waals surface area (Å²) in [4.78, 5) is 51.8. The highest BCUT2D eigenvalue weighted by atomic mass is 16.5. The number of amides is 4. The van der Waals surface area contributed by atoms with Gasteiger partial charge in [-0.3, -0.25) is 19.2 Å². The first kappa shape index (κ1) is 34.4. The Morgan fingerprint density at radius 3 is 1.19 bits per heavy atom. The van der Waals surface area contributed by atoms with Crippen molar-refractivity contribution in [1.29, 1.82) is 0 Å². The van der Waals surface area contributed by atoms with Crippen LogP contribution in [0.25, 0.3) is 0 Å². The summed E-state index contributed by atoms with van der Waals surface area (Å²) in [7, 11) is 3.04. The number of likely N-dealkylation sites (N-methyl/N-ethyl adjacent to an activating group) is 2. The molecule has 0 aromatic heterocycles. The Kier molecular flexibility index (Phi) is 14.7. The van der Waals surface area contributed by atoms with Gasteiger partial charge in [0.1, 0.15) is 24.3 Å². The Bertz CT molecular complexity index is 1040. The van der Waals surface area contributed by atoms with Crippen molar-refractivity contribution in [3.63, 3.8) is 0 Å². The van der Waals surface area contributed by atoms with Crippen molar-refractivity contribution in [3.05, 3.63) is 71.8 Å². The second-order valence-corrected chi connectivity index (χ2v) is 10.8. The molecule has 10 heteroatoms. The van der Waals surface area contributed by atoms with Crippen LogP contribution in [0.15, 0.2) is 60.7 Å². The molecule has 0 bridgehead atoms. The van der Waals surface area contributed by atoms with Gasteiger partial charge in [-0.05, 0) is 35.8 Å². The second-order valence-electron chi connectivity index (χ2n) is 10.8. The fourth-order valence-corrected chi connectivity index (χ4v) is 4.30. The zero-order valence-electron chi connectivity index (χ0n) is 25.5. The first-order chi connectivity index (χ1) is 20.1. The summed E-state index contributed by atoms with van der Waals surface area (Å²) >= 11 is 0. The Balaban J connectivity index is 2.26. The zero-order valence-corrected chi connectivity index (χ0v) is 25.5. The summed E-state index contributed by atoms with van der Waals surface area (Å²) < 4.78 is 12.1. The molecule has 10 nitrogen and oxygen atoms in total. The van der Waals surface area contributed by atoms with Crippen molar-refractivity contribution in [3.8, 4) is 0 Å². The molecule has 2 rings (SSSR count). The van der Waals surface area contributed by atoms with Crippen LogP contribution >= 0.6 is 0 Å². The summed E-state index contributed by atoms with van der Waals surface area (Å²) in [5.74, 6) is -1.85. The van der Waals surface area contributed by atoms with Crippen molar-refractivity contribution in [2.45, 2.75) is 78.0 Å². The SMILES string of the molecule is CNC(=O)C(NC(=O)C(CCC(OCc1ccccc1)C(=O)N[C@H](C(=O)NC)C(C)C)OCc1ccccc1)C(C)C. The van der Waals surface area contributed by atoms with E-state index < -0.39 is 36.1 Å². The summed E-state index contributed by atoms with van der Waals surface area (Å²) in [6.45, 7) is 7.70. The first-order valence-electron chi connectivity index (χ1n) is 14.4. The lowest BCUT2D eigenvalue weighted by atomic mass is 10.0. The van der Waals surface area contributed by atoms with E-state index in [1.807, 2.05) is 88.4 Å². The molecule has 4 N–H and O–H groups in total. The van der Waals surface area contributed by atoms with Gasteiger partial charge in [-0.1, -0.05) is 88.4 Å². The first-order valence-corrected chi connectivity index (χ1v) is 14.4. The molecule has 2 aromatic carbocycles. The van der Waals surface area contributed by atoms with Crippen molar-refractivity contribution >= 4 is 23.6 Å². The van der Waals surface area contributed by atoms with Gasteiger partial charge in [-0.25, -0.2) is 0 Å². The highest BCUT2D eigenvalue weighted by molar-refractivity contribution is 5.90. The topological polar surface area (TPSA) is 135 Å². The molecular weight excluding hydrogens is 536 g/mol. The zero-order chi connectivity index (χ0) is 31.1. The quantitative estimate of drug-likeness (QED) is 0.227. The number of hydrogen-bond acceptors (Lipinski definition) is 6. The molecule has 42 heavy (non-hydrogen) atoms. The van der Waals surface area contributed by atoms with Crippen LogP contribution in [-0.4, -0.2) is 62.0 Å². The molecule has 0 aliphatic rings. The average molecular weight is 583 g/mol. The fourth-order valence-electron chi connectivity index (χ4n) is 4.30. The van der Waals surface area contributed by atoms with E-state index in [1.54, 1.807) is 0 Å². The van der Waals surface area contributed by atoms with E-state index >= 15 is 0 Å². The maximum atomic E-state index is 13.4. The molecule has 3 unspecified atom stereocenters. The molecule has 0 aliphatic carbocycles. The van der Waals surface area contributed by atoms with Crippen molar-refractivity contribution < 1.29 is 28.7 Å². The molecule has 0 radical (unpaired) electrons. The summed E-state index contributed by atoms with van der Waals surface area (Å²) in [5, 5.41) is 10.8. The molecular formula is C32H46N4O6. The highest BCUT2D eigenvalue weighted by Gasteiger charge is 2.31. The van der Waals surface area contributed by atoms with Gasteiger partial charge in [0.05, 0.1) is 13.2 Å². The molecule has 0 saturated carbocycles. The van der Waals surface area contributed by atoms with Crippen molar-refractivity contribution in [2.24, 2.45) is 11.8 Å². The molecule has 230 valence electrons. The number of rotatable bonds is 17. The van der Waals surface area contributed by atoms with Crippen LogP contribution in [0.1, 0.15) is 51.7 Å². The Hall–Kier alpha value is -3.76. The predicted molar refractivity (Wildman–Crippen MR) is 161 cm³/mol. The normalized spacial score (nSPS) is 14.0. The largest absolute Gasteiger partial charge is 0.364 e. The summed E-state index contributed by atoms with van der Waals surface area (Å²) in [6, 6.07) is 17.3. The maximum absolute atomic E-state index is 13.4. The van der Waals surface area contributed by atoms with Gasteiger partial charge in [-0.15, -0.1) is 0 Å². The van der Waals surface area contributed by atoms with E-state index in [1.165, 1.54) is 14.1 Å². The molecule has 0 aliphatic heterocycles. The number of ether oxygens (including phenoxy) is 2. The molecule has 4 amide bonds. The Morgan fingerprint density at radius 2 is 0.905 bits per heavy atom. The molecule has 0 spiro atoms. The summed E-state index contributed by atoms with van der Waals surface area (Å²) in [6.07, 6.45) is -1.66. The van der Waals surface area contributed by atoms with Gasteiger partial charge >= 0.3 is 0 Å². The lowest BCUT2D eigenvalue weighted by Gasteiger charge is -2.27. The minimum Gasteiger partial charge on any atom is -0.364 e. The van der Waals surface area contributed by atoms with Crippen LogP contribution < -0.4 is 21.3 Å². The van der Waals surface area contributed by atoms with Crippen LogP contribution in [-0.2, 0) is 41.9 Å². The van der Waals surface area contributed by atoms with Crippen LogP contribution in [0.2, 0.25) is 0 Å². The third-order valence-corrected chi connectivity index (χ3v) is 6.85. The van der Waals surface area contributed by atoms with E-state index in [0.717, 1.165) is 11.1 Å². The molecule has 4 atom stereocenters. The minimum absolute atomic E-state index is 0.135. The number of carbonyl (C=O) groups excluding carboxylic acids is 4. The fraction of sp³-hybridized carbons (Fsp3) is 0.500. The van der Waals surface area contributed by atoms with Crippen LogP contribution in [0.3, 0.4) is 0 Å². The smallest absolute Gasteiger partial charge is 0.249 e. The van der Waals surface area contributed by atoms with E-state index in [4.69, 9.17) is 9.47 Å². The number of hydrogen-bond donors (Lipinski definition) is 4. The number of carbonyl (C=O) groups is 4. The van der Waals surface area contributed by atoms with Crippen LogP contribution in [0.5, 0.6) is 0 Å². The van der Waals surface area contributed by atoms with E-state index in [2.05, 4.69) is 21.3 Å². The molecule has 0 heterocycles. The van der Waals surface area contributed by atoms with E-state index in [0.29, 0.717) is 0 Å². The maximum Gasteiger partial charge on any atom is 0.249 e. The highest BCUT2D eigenvalue weighted by Crippen LogP contribution is 2.16. The van der Waals surface area contributed by atoms with Crippen LogP contribution in [0.4, 0.5) is 0 Å². The summed E-state index contributed by atoms with van der Waals surface area (Å²) in [5.41, 5.74) is 1.75. The van der Waals surface area contributed by atoms with E-state index in [-0.39, 0.29) is 49.7 Å². The molecule has 2 aromatic rings. The third-order valence-electron chi connectivity index (χ3n) is 6.85. The average Bonchev–Trinajstić information content (AvgIpc) is 2.99.